The summed E-state index contributed by atoms with van der Waals surface area (Å²) in [4.78, 5) is 4.65. The van der Waals surface area contributed by atoms with Gasteiger partial charge in [-0.15, -0.1) is 0 Å². The lowest BCUT2D eigenvalue weighted by molar-refractivity contribution is 0.243. The minimum absolute atomic E-state index is 0.0677. The minimum Gasteiger partial charge on any atom is -0.507 e. The Kier molecular flexibility index (Phi) is 11.0. The van der Waals surface area contributed by atoms with Gasteiger partial charge in [0.15, 0.2) is 0 Å². The molecule has 0 atom stereocenters. The van der Waals surface area contributed by atoms with E-state index in [1.807, 2.05) is 57.2 Å². The van der Waals surface area contributed by atoms with Gasteiger partial charge in [-0.25, -0.2) is 0 Å². The molecule has 3 aromatic carbocycles. The lowest BCUT2D eigenvalue weighted by atomic mass is 10.1. The van der Waals surface area contributed by atoms with E-state index in [4.69, 9.17) is 14.2 Å². The van der Waals surface area contributed by atoms with Gasteiger partial charge in [0.1, 0.15) is 34.5 Å². The number of hydrogen-bond donors (Lipinski definition) is 4. The Labute approximate surface area is 242 Å². The first-order valence-electron chi connectivity index (χ1n) is 14.4. The Morgan fingerprint density at radius 1 is 0.634 bits per heavy atom. The summed E-state index contributed by atoms with van der Waals surface area (Å²) in [6.07, 6.45) is 0. The van der Waals surface area contributed by atoms with Crippen LogP contribution in [0.4, 0.5) is 0 Å². The van der Waals surface area contributed by atoms with Crippen LogP contribution in [-0.2, 0) is 19.6 Å². The topological polar surface area (TPSA) is 107 Å². The highest BCUT2D eigenvalue weighted by molar-refractivity contribution is 5.41. The van der Waals surface area contributed by atoms with Crippen LogP contribution in [0.25, 0.3) is 0 Å². The first-order chi connectivity index (χ1) is 19.9. The van der Waals surface area contributed by atoms with Gasteiger partial charge in [0.05, 0.1) is 19.8 Å². The summed E-state index contributed by atoms with van der Waals surface area (Å²) in [5.41, 5.74) is 2.48. The number of phenols is 3. The zero-order valence-electron chi connectivity index (χ0n) is 24.3. The predicted octanol–water partition coefficient (Wildman–Crippen LogP) is 4.48. The maximum atomic E-state index is 10.7. The molecule has 1 aliphatic heterocycles. The zero-order chi connectivity index (χ0) is 29.2. The van der Waals surface area contributed by atoms with Crippen LogP contribution in [0.1, 0.15) is 37.5 Å². The third-order valence-corrected chi connectivity index (χ3v) is 7.16. The highest BCUT2D eigenvalue weighted by Gasteiger charge is 2.24. The molecule has 41 heavy (non-hydrogen) atoms. The molecular formula is C32H43N3O6. The normalized spacial score (nSPS) is 15.0. The average molecular weight is 566 g/mol. The molecule has 0 saturated carbocycles. The molecule has 4 rings (SSSR count). The number of rotatable bonds is 13. The van der Waals surface area contributed by atoms with Crippen molar-refractivity contribution >= 4 is 0 Å². The van der Waals surface area contributed by atoms with Gasteiger partial charge in [0, 0.05) is 86.7 Å². The molecule has 222 valence electrons. The first-order valence-corrected chi connectivity index (χ1v) is 14.4. The van der Waals surface area contributed by atoms with Crippen molar-refractivity contribution in [3.63, 3.8) is 0 Å². The third kappa shape index (κ3) is 8.66. The Morgan fingerprint density at radius 2 is 1.02 bits per heavy atom. The van der Waals surface area contributed by atoms with E-state index in [-0.39, 0.29) is 23.3 Å². The van der Waals surface area contributed by atoms with Crippen molar-refractivity contribution in [3.8, 4) is 34.5 Å². The number of ether oxygens (including phenoxy) is 3. The van der Waals surface area contributed by atoms with Crippen molar-refractivity contribution in [2.24, 2.45) is 0 Å². The fourth-order valence-corrected chi connectivity index (χ4v) is 5.12. The molecule has 9 nitrogen and oxygen atoms in total. The standard InChI is InChI=1S/C32H43N3O6/c1-4-39-27-10-7-23(30(36)15-27)18-33-26-21-34(19-24-8-11-28(40-5-2)16-31(24)37)13-14-35(22-26)20-25-9-12-29(41-6-3)17-32(25)38/h7-12,15-17,26,33,36-38H,4-6,13-14,18-22H2,1-3H3. The van der Waals surface area contributed by atoms with Crippen LogP contribution < -0.4 is 19.5 Å². The summed E-state index contributed by atoms with van der Waals surface area (Å²) >= 11 is 0. The SMILES string of the molecule is CCOc1ccc(CNC2CN(Cc3ccc(OCC)cc3O)CCN(Cc3ccc(OCC)cc3O)C2)c(O)c1. The number of benzene rings is 3. The van der Waals surface area contributed by atoms with Crippen LogP contribution >= 0.6 is 0 Å². The molecule has 1 heterocycles. The smallest absolute Gasteiger partial charge is 0.123 e. The molecule has 0 spiro atoms. The number of aromatic hydroxyl groups is 3. The number of hydrogen-bond acceptors (Lipinski definition) is 9. The Balaban J connectivity index is 1.48. The molecule has 0 radical (unpaired) electrons. The van der Waals surface area contributed by atoms with Crippen LogP contribution in [-0.4, -0.2) is 77.2 Å². The molecule has 0 aromatic heterocycles. The molecule has 4 N–H and O–H groups in total. The third-order valence-electron chi connectivity index (χ3n) is 7.16. The Hall–Kier alpha value is -3.66. The van der Waals surface area contributed by atoms with Crippen LogP contribution in [0.5, 0.6) is 34.5 Å². The largest absolute Gasteiger partial charge is 0.507 e. The van der Waals surface area contributed by atoms with E-state index in [1.165, 1.54) is 0 Å². The molecule has 1 saturated heterocycles. The van der Waals surface area contributed by atoms with Gasteiger partial charge in [-0.2, -0.15) is 0 Å². The predicted molar refractivity (Wildman–Crippen MR) is 159 cm³/mol. The highest BCUT2D eigenvalue weighted by Crippen LogP contribution is 2.28. The minimum atomic E-state index is 0.0677. The lowest BCUT2D eigenvalue weighted by Crippen LogP contribution is -2.43. The Morgan fingerprint density at radius 3 is 1.39 bits per heavy atom. The van der Waals surface area contributed by atoms with Crippen molar-refractivity contribution in [1.29, 1.82) is 0 Å². The summed E-state index contributed by atoms with van der Waals surface area (Å²) in [6, 6.07) is 16.4. The Bertz CT molecular complexity index is 1200. The van der Waals surface area contributed by atoms with Gasteiger partial charge in [-0.05, 0) is 39.0 Å². The second-order valence-corrected chi connectivity index (χ2v) is 10.2. The van der Waals surface area contributed by atoms with Crippen molar-refractivity contribution in [2.75, 3.05) is 46.0 Å². The van der Waals surface area contributed by atoms with Gasteiger partial charge in [-0.1, -0.05) is 18.2 Å². The van der Waals surface area contributed by atoms with Crippen molar-refractivity contribution in [3.05, 3.63) is 71.3 Å². The van der Waals surface area contributed by atoms with E-state index in [2.05, 4.69) is 15.1 Å². The van der Waals surface area contributed by atoms with Crippen molar-refractivity contribution in [1.82, 2.24) is 15.1 Å². The van der Waals surface area contributed by atoms with E-state index < -0.39 is 0 Å². The van der Waals surface area contributed by atoms with Gasteiger partial charge in [-0.3, -0.25) is 9.80 Å². The highest BCUT2D eigenvalue weighted by atomic mass is 16.5. The number of phenolic OH excluding ortho intramolecular Hbond substituents is 3. The summed E-state index contributed by atoms with van der Waals surface area (Å²) in [5.74, 6) is 2.59. The molecule has 3 aromatic rings. The van der Waals surface area contributed by atoms with E-state index >= 15 is 0 Å². The van der Waals surface area contributed by atoms with Crippen LogP contribution in [0.15, 0.2) is 54.6 Å². The van der Waals surface area contributed by atoms with Gasteiger partial charge < -0.3 is 34.8 Å². The molecule has 0 aliphatic carbocycles. The molecule has 9 heteroatoms. The number of nitrogens with zero attached hydrogens (tertiary/aromatic N) is 2. The quantitative estimate of drug-likeness (QED) is 0.239. The maximum Gasteiger partial charge on any atom is 0.123 e. The van der Waals surface area contributed by atoms with Crippen LogP contribution in [0.3, 0.4) is 0 Å². The molecule has 0 unspecified atom stereocenters. The fourth-order valence-electron chi connectivity index (χ4n) is 5.12. The van der Waals surface area contributed by atoms with Crippen LogP contribution in [0.2, 0.25) is 0 Å². The molecule has 0 bridgehead atoms. The molecule has 1 aliphatic rings. The van der Waals surface area contributed by atoms with E-state index in [0.29, 0.717) is 56.7 Å². The summed E-state index contributed by atoms with van der Waals surface area (Å²) < 4.78 is 16.6. The second-order valence-electron chi connectivity index (χ2n) is 10.2. The fraction of sp³-hybridized carbons (Fsp3) is 0.438. The first kappa shape index (κ1) is 30.3. The zero-order valence-corrected chi connectivity index (χ0v) is 24.3. The van der Waals surface area contributed by atoms with Crippen molar-refractivity contribution in [2.45, 2.75) is 46.4 Å². The van der Waals surface area contributed by atoms with Crippen LogP contribution in [0, 0.1) is 0 Å². The van der Waals surface area contributed by atoms with Gasteiger partial charge in [0.2, 0.25) is 0 Å². The molecule has 1 fully saturated rings. The van der Waals surface area contributed by atoms with Gasteiger partial charge in [0.25, 0.3) is 0 Å². The van der Waals surface area contributed by atoms with Gasteiger partial charge >= 0.3 is 0 Å². The summed E-state index contributed by atoms with van der Waals surface area (Å²) in [5, 5.41) is 35.5. The molecule has 0 amide bonds. The summed E-state index contributed by atoms with van der Waals surface area (Å²) in [7, 11) is 0. The second kappa shape index (κ2) is 14.8. The van der Waals surface area contributed by atoms with E-state index in [0.717, 1.165) is 42.9 Å². The van der Waals surface area contributed by atoms with Crippen molar-refractivity contribution < 1.29 is 29.5 Å². The summed E-state index contributed by atoms with van der Waals surface area (Å²) in [6.45, 7) is 12.1. The van der Waals surface area contributed by atoms with E-state index in [1.54, 1.807) is 18.2 Å². The lowest BCUT2D eigenvalue weighted by Gasteiger charge is -2.26. The number of nitrogens with one attached hydrogen (secondary N) is 1. The average Bonchev–Trinajstić information content (AvgIpc) is 3.13. The maximum absolute atomic E-state index is 10.7. The van der Waals surface area contributed by atoms with E-state index in [9.17, 15) is 15.3 Å². The molecular weight excluding hydrogens is 522 g/mol. The monoisotopic (exact) mass is 565 g/mol.